The molecule has 0 amide bonds. The van der Waals surface area contributed by atoms with Gasteiger partial charge in [-0.3, -0.25) is 4.98 Å². The topological polar surface area (TPSA) is 85.1 Å². The van der Waals surface area contributed by atoms with E-state index in [1.165, 1.54) is 24.3 Å². The summed E-state index contributed by atoms with van der Waals surface area (Å²) in [7, 11) is -3.94. The Labute approximate surface area is 114 Å². The standard InChI is InChI=1S/C11H12FN3O2S2/c1-7-2-8(13)3-10(11(7)12)19(16,17)15-5-9-4-14-6-18-9/h2-4,6,15H,5,13H2,1H3. The van der Waals surface area contributed by atoms with Gasteiger partial charge in [0, 0.05) is 23.3 Å². The van der Waals surface area contributed by atoms with Crippen LogP contribution in [0, 0.1) is 12.7 Å². The summed E-state index contributed by atoms with van der Waals surface area (Å²) in [6, 6.07) is 2.49. The van der Waals surface area contributed by atoms with Crippen molar-refractivity contribution in [2.45, 2.75) is 18.4 Å². The summed E-state index contributed by atoms with van der Waals surface area (Å²) in [6.45, 7) is 1.54. The number of nitrogens with zero attached hydrogens (tertiary/aromatic N) is 1. The highest BCUT2D eigenvalue weighted by Crippen LogP contribution is 2.21. The van der Waals surface area contributed by atoms with Crippen molar-refractivity contribution < 1.29 is 12.8 Å². The van der Waals surface area contributed by atoms with Gasteiger partial charge in [-0.2, -0.15) is 0 Å². The zero-order valence-electron chi connectivity index (χ0n) is 10.1. The van der Waals surface area contributed by atoms with E-state index in [2.05, 4.69) is 9.71 Å². The molecule has 0 aliphatic rings. The van der Waals surface area contributed by atoms with E-state index in [1.54, 1.807) is 11.7 Å². The van der Waals surface area contributed by atoms with Gasteiger partial charge in [-0.05, 0) is 24.6 Å². The highest BCUT2D eigenvalue weighted by atomic mass is 32.2. The Kier molecular flexibility index (Phi) is 3.83. The van der Waals surface area contributed by atoms with E-state index in [4.69, 9.17) is 5.73 Å². The maximum Gasteiger partial charge on any atom is 0.243 e. The number of nitrogens with two attached hydrogens (primary N) is 1. The average molecular weight is 301 g/mol. The van der Waals surface area contributed by atoms with Gasteiger partial charge >= 0.3 is 0 Å². The summed E-state index contributed by atoms with van der Waals surface area (Å²) >= 11 is 1.31. The summed E-state index contributed by atoms with van der Waals surface area (Å²) in [5.74, 6) is -0.786. The molecule has 2 rings (SSSR count). The van der Waals surface area contributed by atoms with Crippen molar-refractivity contribution in [2.24, 2.45) is 0 Å². The largest absolute Gasteiger partial charge is 0.399 e. The molecule has 5 nitrogen and oxygen atoms in total. The summed E-state index contributed by atoms with van der Waals surface area (Å²) in [6.07, 6.45) is 1.55. The van der Waals surface area contributed by atoms with Crippen LogP contribution in [0.25, 0.3) is 0 Å². The molecular formula is C11H12FN3O2S2. The third-order valence-electron chi connectivity index (χ3n) is 2.45. The van der Waals surface area contributed by atoms with Crippen LogP contribution in [-0.4, -0.2) is 13.4 Å². The summed E-state index contributed by atoms with van der Waals surface area (Å²) in [5, 5.41) is 0. The van der Waals surface area contributed by atoms with Crippen LogP contribution in [0.4, 0.5) is 10.1 Å². The van der Waals surface area contributed by atoms with Crippen LogP contribution >= 0.6 is 11.3 Å². The van der Waals surface area contributed by atoms with Crippen molar-refractivity contribution in [3.05, 3.63) is 40.1 Å². The van der Waals surface area contributed by atoms with Crippen LogP contribution < -0.4 is 10.5 Å². The number of halogens is 1. The molecule has 0 atom stereocenters. The highest BCUT2D eigenvalue weighted by molar-refractivity contribution is 7.89. The van der Waals surface area contributed by atoms with E-state index in [9.17, 15) is 12.8 Å². The van der Waals surface area contributed by atoms with Crippen LogP contribution in [0.3, 0.4) is 0 Å². The van der Waals surface area contributed by atoms with E-state index in [1.807, 2.05) is 0 Å². The molecule has 0 unspecified atom stereocenters. The minimum Gasteiger partial charge on any atom is -0.399 e. The van der Waals surface area contributed by atoms with Crippen LogP contribution in [-0.2, 0) is 16.6 Å². The lowest BCUT2D eigenvalue weighted by molar-refractivity contribution is 0.553. The molecule has 0 aliphatic heterocycles. The van der Waals surface area contributed by atoms with Gasteiger partial charge in [-0.15, -0.1) is 11.3 Å². The summed E-state index contributed by atoms with van der Waals surface area (Å²) < 4.78 is 40.2. The second-order valence-corrected chi connectivity index (χ2v) is 6.65. The molecule has 19 heavy (non-hydrogen) atoms. The van der Waals surface area contributed by atoms with Gasteiger partial charge in [0.05, 0.1) is 5.51 Å². The lowest BCUT2D eigenvalue weighted by atomic mass is 10.2. The normalized spacial score (nSPS) is 11.7. The zero-order valence-corrected chi connectivity index (χ0v) is 11.7. The molecule has 0 spiro atoms. The van der Waals surface area contributed by atoms with Crippen molar-refractivity contribution in [3.63, 3.8) is 0 Å². The number of sulfonamides is 1. The first-order valence-electron chi connectivity index (χ1n) is 5.33. The molecule has 0 saturated heterocycles. The number of nitrogens with one attached hydrogen (secondary N) is 1. The van der Waals surface area contributed by atoms with Gasteiger partial charge < -0.3 is 5.73 Å². The van der Waals surface area contributed by atoms with E-state index in [0.29, 0.717) is 0 Å². The molecule has 3 N–H and O–H groups in total. The van der Waals surface area contributed by atoms with Gasteiger partial charge in [0.1, 0.15) is 10.7 Å². The Morgan fingerprint density at radius 1 is 1.47 bits per heavy atom. The molecule has 0 fully saturated rings. The molecular weight excluding hydrogens is 289 g/mol. The molecule has 2 aromatic rings. The van der Waals surface area contributed by atoms with Gasteiger partial charge in [-0.1, -0.05) is 0 Å². The Balaban J connectivity index is 2.29. The predicted molar refractivity (Wildman–Crippen MR) is 71.7 cm³/mol. The number of nitrogen functional groups attached to an aromatic ring is 1. The molecule has 1 aromatic carbocycles. The number of thiazole rings is 1. The predicted octanol–water partition coefficient (Wildman–Crippen LogP) is 1.65. The van der Waals surface area contributed by atoms with E-state index >= 15 is 0 Å². The number of anilines is 1. The number of rotatable bonds is 4. The number of aromatic nitrogens is 1. The zero-order chi connectivity index (χ0) is 14.0. The summed E-state index contributed by atoms with van der Waals surface area (Å²) in [5.41, 5.74) is 7.54. The summed E-state index contributed by atoms with van der Waals surface area (Å²) in [4.78, 5) is 4.14. The SMILES string of the molecule is Cc1cc(N)cc(S(=O)(=O)NCc2cncs2)c1F. The Bertz CT molecular complexity index is 684. The van der Waals surface area contributed by atoms with Gasteiger partial charge in [0.2, 0.25) is 10.0 Å². The first-order valence-corrected chi connectivity index (χ1v) is 7.69. The molecule has 0 radical (unpaired) electrons. The number of hydrogen-bond donors (Lipinski definition) is 2. The molecule has 1 aromatic heterocycles. The van der Waals surface area contributed by atoms with Crippen molar-refractivity contribution in [3.8, 4) is 0 Å². The number of benzene rings is 1. The molecule has 102 valence electrons. The highest BCUT2D eigenvalue weighted by Gasteiger charge is 2.21. The van der Waals surface area contributed by atoms with Crippen LogP contribution in [0.5, 0.6) is 0 Å². The Morgan fingerprint density at radius 3 is 2.84 bits per heavy atom. The fourth-order valence-corrected chi connectivity index (χ4v) is 3.35. The Hall–Kier alpha value is -1.51. The maximum atomic E-state index is 13.9. The van der Waals surface area contributed by atoms with Crippen LogP contribution in [0.15, 0.2) is 28.7 Å². The van der Waals surface area contributed by atoms with E-state index in [-0.39, 0.29) is 17.8 Å². The number of aryl methyl sites for hydroxylation is 1. The molecule has 1 heterocycles. The van der Waals surface area contributed by atoms with Gasteiger partial charge in [0.25, 0.3) is 0 Å². The van der Waals surface area contributed by atoms with E-state index < -0.39 is 20.7 Å². The minimum atomic E-state index is -3.94. The average Bonchev–Trinajstić information content (AvgIpc) is 2.84. The van der Waals surface area contributed by atoms with Crippen molar-refractivity contribution in [2.75, 3.05) is 5.73 Å². The lowest BCUT2D eigenvalue weighted by Crippen LogP contribution is -2.24. The first-order chi connectivity index (χ1) is 8.90. The molecule has 8 heteroatoms. The third kappa shape index (κ3) is 3.09. The van der Waals surface area contributed by atoms with Crippen molar-refractivity contribution in [1.29, 1.82) is 0 Å². The second kappa shape index (κ2) is 5.24. The maximum absolute atomic E-state index is 13.9. The monoisotopic (exact) mass is 301 g/mol. The second-order valence-electron chi connectivity index (χ2n) is 3.94. The molecule has 0 saturated carbocycles. The number of hydrogen-bond acceptors (Lipinski definition) is 5. The third-order valence-corrected chi connectivity index (χ3v) is 4.63. The quantitative estimate of drug-likeness (QED) is 0.841. The van der Waals surface area contributed by atoms with Gasteiger partial charge in [-0.25, -0.2) is 17.5 Å². The fraction of sp³-hybridized carbons (Fsp3) is 0.182. The first kappa shape index (κ1) is 13.9. The van der Waals surface area contributed by atoms with Crippen molar-refractivity contribution in [1.82, 2.24) is 9.71 Å². The molecule has 0 bridgehead atoms. The van der Waals surface area contributed by atoms with Crippen molar-refractivity contribution >= 4 is 27.0 Å². The van der Waals surface area contributed by atoms with Gasteiger partial charge in [0.15, 0.2) is 0 Å². The van der Waals surface area contributed by atoms with Crippen LogP contribution in [0.1, 0.15) is 10.4 Å². The minimum absolute atomic E-state index is 0.0697. The smallest absolute Gasteiger partial charge is 0.243 e. The van der Waals surface area contributed by atoms with E-state index in [0.717, 1.165) is 10.9 Å². The fourth-order valence-electron chi connectivity index (χ4n) is 1.53. The van der Waals surface area contributed by atoms with Crippen LogP contribution in [0.2, 0.25) is 0 Å². The molecule has 0 aliphatic carbocycles. The Morgan fingerprint density at radius 2 is 2.21 bits per heavy atom. The lowest BCUT2D eigenvalue weighted by Gasteiger charge is -2.09.